The van der Waals surface area contributed by atoms with Crippen LogP contribution < -0.4 is 0 Å². The van der Waals surface area contributed by atoms with Crippen molar-refractivity contribution >= 4 is 23.1 Å². The first-order valence-electron chi connectivity index (χ1n) is 6.31. The van der Waals surface area contributed by atoms with Gasteiger partial charge in [-0.2, -0.15) is 13.2 Å². The summed E-state index contributed by atoms with van der Waals surface area (Å²) in [5, 5.41) is 0. The molecule has 0 amide bonds. The number of halogens is 4. The van der Waals surface area contributed by atoms with Crippen LogP contribution in [-0.2, 0) is 11.0 Å². The first-order valence-corrected chi connectivity index (χ1v) is 6.75. The Bertz CT molecular complexity index is 607. The monoisotopic (exact) mass is 315 g/mol. The number of hydrogen-bond acceptors (Lipinski definition) is 2. The van der Waals surface area contributed by atoms with Gasteiger partial charge in [0.2, 0.25) is 0 Å². The third kappa shape index (κ3) is 3.18. The molecule has 1 aromatic carbocycles. The van der Waals surface area contributed by atoms with Crippen molar-refractivity contribution in [2.75, 3.05) is 7.05 Å². The Morgan fingerprint density at radius 1 is 1.38 bits per heavy atom. The van der Waals surface area contributed by atoms with E-state index in [-0.39, 0.29) is 5.78 Å². The minimum atomic E-state index is -4.43. The van der Waals surface area contributed by atoms with Crippen LogP contribution in [0.5, 0.6) is 0 Å². The molecular formula is C15H13ClF3NO. The SMILES string of the molecule is CN=C1CC(C=CCl)C(=O)C1c1cccc(C(F)(F)F)c1. The Hall–Kier alpha value is -1.62. The lowest BCUT2D eigenvalue weighted by Gasteiger charge is -2.13. The molecule has 1 aliphatic carbocycles. The summed E-state index contributed by atoms with van der Waals surface area (Å²) in [6.45, 7) is 0. The quantitative estimate of drug-likeness (QED) is 0.804. The highest BCUT2D eigenvalue weighted by Gasteiger charge is 2.40. The van der Waals surface area contributed by atoms with Crippen molar-refractivity contribution in [1.82, 2.24) is 0 Å². The van der Waals surface area contributed by atoms with Gasteiger partial charge in [-0.3, -0.25) is 9.79 Å². The molecule has 1 aliphatic rings. The van der Waals surface area contributed by atoms with E-state index in [0.29, 0.717) is 17.7 Å². The van der Waals surface area contributed by atoms with Crippen molar-refractivity contribution in [3.8, 4) is 0 Å². The van der Waals surface area contributed by atoms with Gasteiger partial charge in [0.05, 0.1) is 11.5 Å². The van der Waals surface area contributed by atoms with Crippen LogP contribution in [0.3, 0.4) is 0 Å². The van der Waals surface area contributed by atoms with Crippen molar-refractivity contribution in [3.05, 3.63) is 47.0 Å². The number of hydrogen-bond donors (Lipinski definition) is 0. The summed E-state index contributed by atoms with van der Waals surface area (Å²) in [6, 6.07) is 4.83. The van der Waals surface area contributed by atoms with E-state index in [0.717, 1.165) is 12.1 Å². The highest BCUT2D eigenvalue weighted by molar-refractivity contribution is 6.26. The van der Waals surface area contributed by atoms with Crippen molar-refractivity contribution in [2.45, 2.75) is 18.5 Å². The number of carbonyl (C=O) groups is 1. The average molecular weight is 316 g/mol. The lowest BCUT2D eigenvalue weighted by Crippen LogP contribution is -2.16. The first-order chi connectivity index (χ1) is 9.88. The molecule has 0 heterocycles. The molecule has 0 aliphatic heterocycles. The fourth-order valence-electron chi connectivity index (χ4n) is 2.54. The van der Waals surface area contributed by atoms with Crippen molar-refractivity contribution in [3.63, 3.8) is 0 Å². The third-order valence-corrected chi connectivity index (χ3v) is 3.70. The average Bonchev–Trinajstić information content (AvgIpc) is 2.75. The molecule has 21 heavy (non-hydrogen) atoms. The number of alkyl halides is 3. The minimum Gasteiger partial charge on any atom is -0.298 e. The molecule has 0 bridgehead atoms. The maximum absolute atomic E-state index is 12.8. The summed E-state index contributed by atoms with van der Waals surface area (Å²) in [7, 11) is 1.54. The zero-order valence-corrected chi connectivity index (χ0v) is 11.9. The standard InChI is InChI=1S/C15H13ClF3NO/c1-20-12-8-10(5-6-16)14(21)13(12)9-3-2-4-11(7-9)15(17,18)19/h2-7,10,13H,8H2,1H3. The smallest absolute Gasteiger partial charge is 0.298 e. The lowest BCUT2D eigenvalue weighted by atomic mass is 9.92. The van der Waals surface area contributed by atoms with Gasteiger partial charge in [-0.1, -0.05) is 35.9 Å². The summed E-state index contributed by atoms with van der Waals surface area (Å²) in [5.74, 6) is -1.33. The fourth-order valence-corrected chi connectivity index (χ4v) is 2.72. The van der Waals surface area contributed by atoms with Crippen LogP contribution in [0.4, 0.5) is 13.2 Å². The third-order valence-electron chi connectivity index (χ3n) is 3.55. The van der Waals surface area contributed by atoms with Gasteiger partial charge in [0.1, 0.15) is 0 Å². The maximum Gasteiger partial charge on any atom is 0.416 e. The molecule has 2 nitrogen and oxygen atoms in total. The Kier molecular flexibility index (Phi) is 4.52. The molecule has 2 atom stereocenters. The summed E-state index contributed by atoms with van der Waals surface area (Å²) in [5.41, 5.74) is 1.39. The van der Waals surface area contributed by atoms with Crippen LogP contribution in [0.1, 0.15) is 23.5 Å². The molecule has 1 saturated carbocycles. The predicted molar refractivity (Wildman–Crippen MR) is 75.7 cm³/mol. The highest BCUT2D eigenvalue weighted by atomic mass is 35.5. The Labute approximate surface area is 125 Å². The molecule has 0 N–H and O–H groups in total. The van der Waals surface area contributed by atoms with Crippen LogP contribution in [-0.4, -0.2) is 18.5 Å². The molecule has 2 rings (SSSR count). The zero-order valence-electron chi connectivity index (χ0n) is 11.2. The summed E-state index contributed by atoms with van der Waals surface area (Å²) in [4.78, 5) is 16.4. The zero-order chi connectivity index (χ0) is 15.6. The van der Waals surface area contributed by atoms with Crippen LogP contribution in [0, 0.1) is 5.92 Å². The molecular weight excluding hydrogens is 303 g/mol. The van der Waals surface area contributed by atoms with E-state index in [9.17, 15) is 18.0 Å². The van der Waals surface area contributed by atoms with Gasteiger partial charge in [-0.05, 0) is 18.1 Å². The van der Waals surface area contributed by atoms with Crippen LogP contribution >= 0.6 is 11.6 Å². The molecule has 1 aromatic rings. The van der Waals surface area contributed by atoms with E-state index in [4.69, 9.17) is 11.6 Å². The number of aliphatic imine (C=N–C) groups is 1. The molecule has 112 valence electrons. The summed E-state index contributed by atoms with van der Waals surface area (Å²) < 4.78 is 38.4. The molecule has 0 saturated heterocycles. The van der Waals surface area contributed by atoms with E-state index in [1.54, 1.807) is 6.08 Å². The molecule has 2 unspecified atom stereocenters. The van der Waals surface area contributed by atoms with Gasteiger partial charge in [-0.15, -0.1) is 0 Å². The topological polar surface area (TPSA) is 29.4 Å². The molecule has 0 spiro atoms. The summed E-state index contributed by atoms with van der Waals surface area (Å²) >= 11 is 5.50. The lowest BCUT2D eigenvalue weighted by molar-refractivity contribution is -0.137. The maximum atomic E-state index is 12.8. The Morgan fingerprint density at radius 2 is 2.10 bits per heavy atom. The Morgan fingerprint density at radius 3 is 2.67 bits per heavy atom. The van der Waals surface area contributed by atoms with Crippen LogP contribution in [0.2, 0.25) is 0 Å². The number of carbonyl (C=O) groups excluding carboxylic acids is 1. The predicted octanol–water partition coefficient (Wildman–Crippen LogP) is 4.20. The van der Waals surface area contributed by atoms with Gasteiger partial charge in [-0.25, -0.2) is 0 Å². The van der Waals surface area contributed by atoms with Gasteiger partial charge < -0.3 is 0 Å². The first kappa shape index (κ1) is 15.8. The number of rotatable bonds is 2. The number of allylic oxidation sites excluding steroid dienone is 1. The fraction of sp³-hybridized carbons (Fsp3) is 0.333. The van der Waals surface area contributed by atoms with Gasteiger partial charge in [0, 0.05) is 24.2 Å². The second-order valence-corrected chi connectivity index (χ2v) is 5.05. The number of nitrogens with zero attached hydrogens (tertiary/aromatic N) is 1. The molecule has 6 heteroatoms. The number of benzene rings is 1. The summed E-state index contributed by atoms with van der Waals surface area (Å²) in [6.07, 6.45) is -2.50. The molecule has 0 aromatic heterocycles. The van der Waals surface area contributed by atoms with E-state index in [1.165, 1.54) is 24.7 Å². The van der Waals surface area contributed by atoms with E-state index < -0.39 is 23.6 Å². The number of ketones is 1. The van der Waals surface area contributed by atoms with Crippen molar-refractivity contribution in [1.29, 1.82) is 0 Å². The number of Topliss-reactive ketones (excluding diaryl/α,β-unsaturated/α-hetero) is 1. The van der Waals surface area contributed by atoms with E-state index >= 15 is 0 Å². The van der Waals surface area contributed by atoms with E-state index in [2.05, 4.69) is 4.99 Å². The highest BCUT2D eigenvalue weighted by Crippen LogP contribution is 2.37. The van der Waals surface area contributed by atoms with Crippen LogP contribution in [0.25, 0.3) is 0 Å². The Balaban J connectivity index is 2.43. The van der Waals surface area contributed by atoms with E-state index in [1.807, 2.05) is 0 Å². The van der Waals surface area contributed by atoms with Gasteiger partial charge in [0.15, 0.2) is 5.78 Å². The largest absolute Gasteiger partial charge is 0.416 e. The van der Waals surface area contributed by atoms with Crippen LogP contribution in [0.15, 0.2) is 40.9 Å². The van der Waals surface area contributed by atoms with Gasteiger partial charge >= 0.3 is 6.18 Å². The second kappa shape index (κ2) is 6.02. The minimum absolute atomic E-state index is 0.174. The van der Waals surface area contributed by atoms with Gasteiger partial charge in [0.25, 0.3) is 0 Å². The second-order valence-electron chi connectivity index (χ2n) is 4.80. The van der Waals surface area contributed by atoms with Crippen molar-refractivity contribution < 1.29 is 18.0 Å². The molecule has 0 radical (unpaired) electrons. The van der Waals surface area contributed by atoms with Crippen molar-refractivity contribution in [2.24, 2.45) is 10.9 Å². The normalized spacial score (nSPS) is 25.2. The molecule has 1 fully saturated rings.